The quantitative estimate of drug-likeness (QED) is 0.507. The topological polar surface area (TPSA) is 76.5 Å². The molecule has 136 valence electrons. The maximum atomic E-state index is 12.9. The Bertz CT molecular complexity index is 1340. The second kappa shape index (κ2) is 6.54. The molecule has 0 aliphatic heterocycles. The summed E-state index contributed by atoms with van der Waals surface area (Å²) in [5.74, 6) is 0.467. The normalized spacial score (nSPS) is 11.2. The number of imidazole rings is 1. The van der Waals surface area contributed by atoms with Crippen molar-refractivity contribution in [2.75, 3.05) is 0 Å². The summed E-state index contributed by atoms with van der Waals surface area (Å²) < 4.78 is 2.43. The number of rotatable bonds is 3. The first-order valence-corrected chi connectivity index (χ1v) is 9.53. The Hall–Kier alpha value is -3.58. The summed E-state index contributed by atoms with van der Waals surface area (Å²) in [6.45, 7) is 0. The number of hydrogen-bond acceptors (Lipinski definition) is 5. The fraction of sp³-hybridized carbons (Fsp3) is 0.0476. The van der Waals surface area contributed by atoms with Gasteiger partial charge in [0.2, 0.25) is 0 Å². The highest BCUT2D eigenvalue weighted by molar-refractivity contribution is 7.22. The summed E-state index contributed by atoms with van der Waals surface area (Å²) in [6.07, 6.45) is 7.03. The molecule has 0 bridgehead atoms. The fourth-order valence-corrected chi connectivity index (χ4v) is 4.39. The van der Waals surface area contributed by atoms with Crippen molar-refractivity contribution in [3.63, 3.8) is 0 Å². The number of nitrogens with zero attached hydrogens (tertiary/aromatic N) is 4. The summed E-state index contributed by atoms with van der Waals surface area (Å²) in [5, 5.41) is 0. The number of fused-ring (bicyclic) bond motifs is 1. The minimum atomic E-state index is -0.159. The van der Waals surface area contributed by atoms with Gasteiger partial charge in [-0.2, -0.15) is 0 Å². The van der Waals surface area contributed by atoms with E-state index in [4.69, 9.17) is 4.98 Å². The van der Waals surface area contributed by atoms with Crippen LogP contribution in [0, 0.1) is 0 Å². The minimum absolute atomic E-state index is 0.159. The summed E-state index contributed by atoms with van der Waals surface area (Å²) in [7, 11) is 1.88. The number of hydrogen-bond donors (Lipinski definition) is 1. The molecule has 0 aliphatic rings. The first kappa shape index (κ1) is 16.6. The van der Waals surface area contributed by atoms with Crippen LogP contribution in [0.3, 0.4) is 0 Å². The lowest BCUT2D eigenvalue weighted by atomic mass is 10.0. The average molecular weight is 385 g/mol. The standard InChI is InChI=1S/C21H15N5OS/c1-26-11-15(23-12-26)20-24-17-16(13-5-3-2-4-6-13)18(14-7-9-22-10-8-14)28-19(17)21(27)25-20/h2-12H,1H3,(H,24,25,27). The van der Waals surface area contributed by atoms with Gasteiger partial charge in [0.25, 0.3) is 5.56 Å². The molecule has 0 saturated heterocycles. The van der Waals surface area contributed by atoms with Gasteiger partial charge in [-0.15, -0.1) is 11.3 Å². The third kappa shape index (κ3) is 2.73. The number of nitrogens with one attached hydrogen (secondary N) is 1. The molecule has 0 fully saturated rings. The second-order valence-corrected chi connectivity index (χ2v) is 7.45. The maximum absolute atomic E-state index is 12.9. The van der Waals surface area contributed by atoms with Gasteiger partial charge >= 0.3 is 0 Å². The van der Waals surface area contributed by atoms with Gasteiger partial charge in [0.1, 0.15) is 10.4 Å². The number of aryl methyl sites for hydroxylation is 1. The lowest BCUT2D eigenvalue weighted by Crippen LogP contribution is -2.08. The van der Waals surface area contributed by atoms with E-state index >= 15 is 0 Å². The molecule has 0 amide bonds. The van der Waals surface area contributed by atoms with Crippen molar-refractivity contribution in [1.82, 2.24) is 24.5 Å². The van der Waals surface area contributed by atoms with Crippen molar-refractivity contribution < 1.29 is 0 Å². The van der Waals surface area contributed by atoms with Crippen molar-refractivity contribution in [2.24, 2.45) is 7.05 Å². The summed E-state index contributed by atoms with van der Waals surface area (Å²) in [6, 6.07) is 13.9. The molecule has 6 nitrogen and oxygen atoms in total. The smallest absolute Gasteiger partial charge is 0.269 e. The first-order valence-electron chi connectivity index (χ1n) is 8.71. The van der Waals surface area contributed by atoms with Crippen LogP contribution in [-0.4, -0.2) is 24.5 Å². The Kier molecular flexibility index (Phi) is 3.87. The number of H-pyrrole nitrogens is 1. The molecular weight excluding hydrogens is 370 g/mol. The molecule has 5 aromatic rings. The van der Waals surface area contributed by atoms with Crippen molar-refractivity contribution in [1.29, 1.82) is 0 Å². The van der Waals surface area contributed by atoms with E-state index in [1.165, 1.54) is 11.3 Å². The van der Waals surface area contributed by atoms with Crippen molar-refractivity contribution in [3.8, 4) is 33.1 Å². The number of thiophene rings is 1. The van der Waals surface area contributed by atoms with Gasteiger partial charge in [-0.05, 0) is 23.3 Å². The van der Waals surface area contributed by atoms with Gasteiger partial charge in [-0.1, -0.05) is 30.3 Å². The summed E-state index contributed by atoms with van der Waals surface area (Å²) >= 11 is 1.45. The Balaban J connectivity index is 1.86. The van der Waals surface area contributed by atoms with Crippen LogP contribution in [0.4, 0.5) is 0 Å². The van der Waals surface area contributed by atoms with Crippen LogP contribution in [0.2, 0.25) is 0 Å². The molecule has 28 heavy (non-hydrogen) atoms. The van der Waals surface area contributed by atoms with Gasteiger partial charge in [-0.25, -0.2) is 9.97 Å². The SMILES string of the molecule is Cn1cnc(-c2nc3c(-c4ccccc4)c(-c4ccncc4)sc3c(=O)[nH]2)c1. The monoisotopic (exact) mass is 385 g/mol. The molecule has 0 atom stereocenters. The van der Waals surface area contributed by atoms with E-state index in [0.717, 1.165) is 21.6 Å². The van der Waals surface area contributed by atoms with E-state index in [2.05, 4.69) is 15.0 Å². The highest BCUT2D eigenvalue weighted by Gasteiger charge is 2.20. The lowest BCUT2D eigenvalue weighted by Gasteiger charge is -2.05. The van der Waals surface area contributed by atoms with Crippen LogP contribution in [0.5, 0.6) is 0 Å². The highest BCUT2D eigenvalue weighted by atomic mass is 32.1. The van der Waals surface area contributed by atoms with E-state index in [9.17, 15) is 4.79 Å². The zero-order valence-corrected chi connectivity index (χ0v) is 15.8. The molecule has 4 aromatic heterocycles. The third-order valence-corrected chi connectivity index (χ3v) is 5.72. The number of aromatic amines is 1. The van der Waals surface area contributed by atoms with Crippen LogP contribution in [0.1, 0.15) is 0 Å². The molecule has 0 unspecified atom stereocenters. The van der Waals surface area contributed by atoms with Gasteiger partial charge in [-0.3, -0.25) is 9.78 Å². The maximum Gasteiger partial charge on any atom is 0.269 e. The fourth-order valence-electron chi connectivity index (χ4n) is 3.22. The van der Waals surface area contributed by atoms with E-state index < -0.39 is 0 Å². The Morgan fingerprint density at radius 2 is 1.82 bits per heavy atom. The molecule has 0 saturated carbocycles. The average Bonchev–Trinajstić information content (AvgIpc) is 3.33. The Morgan fingerprint density at radius 1 is 1.04 bits per heavy atom. The van der Waals surface area contributed by atoms with Gasteiger partial charge < -0.3 is 9.55 Å². The zero-order chi connectivity index (χ0) is 19.1. The molecule has 1 N–H and O–H groups in total. The molecule has 5 rings (SSSR count). The molecule has 7 heteroatoms. The van der Waals surface area contributed by atoms with E-state index in [1.54, 1.807) is 18.7 Å². The van der Waals surface area contributed by atoms with Gasteiger partial charge in [0, 0.05) is 36.1 Å². The van der Waals surface area contributed by atoms with Crippen LogP contribution < -0.4 is 5.56 Å². The molecule has 4 heterocycles. The predicted molar refractivity (Wildman–Crippen MR) is 111 cm³/mol. The summed E-state index contributed by atoms with van der Waals surface area (Å²) in [4.78, 5) is 30.0. The molecule has 0 spiro atoms. The van der Waals surface area contributed by atoms with Crippen LogP contribution in [0.25, 0.3) is 43.3 Å². The predicted octanol–water partition coefficient (Wildman–Crippen LogP) is 4.11. The number of benzene rings is 1. The Morgan fingerprint density at radius 3 is 2.54 bits per heavy atom. The van der Waals surface area contributed by atoms with Crippen LogP contribution >= 0.6 is 11.3 Å². The molecule has 1 aromatic carbocycles. The number of aromatic nitrogens is 5. The third-order valence-electron chi connectivity index (χ3n) is 4.50. The molecule has 0 aliphatic carbocycles. The van der Waals surface area contributed by atoms with E-state index in [-0.39, 0.29) is 5.56 Å². The zero-order valence-electron chi connectivity index (χ0n) is 15.0. The first-order chi connectivity index (χ1) is 13.7. The van der Waals surface area contributed by atoms with Gasteiger partial charge in [0.15, 0.2) is 5.82 Å². The van der Waals surface area contributed by atoms with Crippen molar-refractivity contribution >= 4 is 21.6 Å². The van der Waals surface area contributed by atoms with E-state index in [0.29, 0.717) is 21.7 Å². The van der Waals surface area contributed by atoms with E-state index in [1.807, 2.05) is 60.3 Å². The highest BCUT2D eigenvalue weighted by Crippen LogP contribution is 2.42. The minimum Gasteiger partial charge on any atom is -0.340 e. The van der Waals surface area contributed by atoms with Crippen molar-refractivity contribution in [2.45, 2.75) is 0 Å². The summed E-state index contributed by atoms with van der Waals surface area (Å²) in [5.41, 5.74) is 4.15. The number of pyridine rings is 1. The molecule has 0 radical (unpaired) electrons. The van der Waals surface area contributed by atoms with Crippen LogP contribution in [0.15, 0.2) is 72.2 Å². The van der Waals surface area contributed by atoms with Crippen LogP contribution in [-0.2, 0) is 7.05 Å². The largest absolute Gasteiger partial charge is 0.340 e. The lowest BCUT2D eigenvalue weighted by molar-refractivity contribution is 0.913. The van der Waals surface area contributed by atoms with Crippen molar-refractivity contribution in [3.05, 3.63) is 77.7 Å². The second-order valence-electron chi connectivity index (χ2n) is 6.42. The molecular formula is C21H15N5OS. The Labute approximate surface area is 164 Å². The van der Waals surface area contributed by atoms with Gasteiger partial charge in [0.05, 0.1) is 11.8 Å².